The molecule has 0 spiro atoms. The van der Waals surface area contributed by atoms with Gasteiger partial charge in [-0.3, -0.25) is 0 Å². The zero-order chi connectivity index (χ0) is 16.8. The Kier molecular flexibility index (Phi) is 3.55. The topological polar surface area (TPSA) is 26.5 Å². The van der Waals surface area contributed by atoms with Crippen molar-refractivity contribution < 1.29 is 17.9 Å². The van der Waals surface area contributed by atoms with Crippen molar-refractivity contribution in [3.63, 3.8) is 0 Å². The number of hydrogen-bond donors (Lipinski definition) is 0. The normalized spacial score (nSPS) is 11.9. The average molecular weight is 320 g/mol. The van der Waals surface area contributed by atoms with Gasteiger partial charge in [-0.05, 0) is 49.2 Å². The molecule has 0 aliphatic rings. The van der Waals surface area contributed by atoms with E-state index in [1.165, 1.54) is 10.5 Å². The van der Waals surface area contributed by atoms with Gasteiger partial charge in [-0.15, -0.1) is 0 Å². The molecule has 0 aliphatic carbocycles. The molecule has 0 bridgehead atoms. The highest BCUT2D eigenvalue weighted by Crippen LogP contribution is 2.33. The summed E-state index contributed by atoms with van der Waals surface area (Å²) in [5, 5.41) is 0. The Morgan fingerprint density at radius 3 is 2.39 bits per heavy atom. The molecule has 0 atom stereocenters. The van der Waals surface area contributed by atoms with Crippen LogP contribution in [0.3, 0.4) is 0 Å². The molecule has 0 radical (unpaired) electrons. The molecule has 0 unspecified atom stereocenters. The molecule has 23 heavy (non-hydrogen) atoms. The molecule has 2 heterocycles. The highest BCUT2D eigenvalue weighted by molar-refractivity contribution is 5.71. The van der Waals surface area contributed by atoms with Crippen molar-refractivity contribution in [2.75, 3.05) is 7.11 Å². The van der Waals surface area contributed by atoms with Gasteiger partial charge in [-0.1, -0.05) is 0 Å². The smallest absolute Gasteiger partial charge is 0.417 e. The third-order valence-electron chi connectivity index (χ3n) is 3.87. The lowest BCUT2D eigenvalue weighted by Gasteiger charge is -2.09. The second-order valence-corrected chi connectivity index (χ2v) is 5.44. The molecule has 6 heteroatoms. The number of aryl methyl sites for hydroxylation is 2. The van der Waals surface area contributed by atoms with Gasteiger partial charge >= 0.3 is 6.18 Å². The molecule has 1 aromatic carbocycles. The quantitative estimate of drug-likeness (QED) is 0.687. The molecule has 120 valence electrons. The van der Waals surface area contributed by atoms with Crippen molar-refractivity contribution in [1.29, 1.82) is 0 Å². The number of methoxy groups -OCH3 is 1. The van der Waals surface area contributed by atoms with E-state index in [1.54, 1.807) is 13.3 Å². The zero-order valence-corrected chi connectivity index (χ0v) is 12.9. The number of fused-ring (bicyclic) bond motifs is 1. The van der Waals surface area contributed by atoms with Crippen LogP contribution in [0.1, 0.15) is 16.7 Å². The number of aromatic nitrogens is 2. The number of pyridine rings is 1. The number of benzene rings is 1. The molecule has 0 amide bonds. The van der Waals surface area contributed by atoms with E-state index in [0.29, 0.717) is 17.1 Å². The summed E-state index contributed by atoms with van der Waals surface area (Å²) in [6, 6.07) is 6.22. The molecular weight excluding hydrogens is 305 g/mol. The molecule has 0 saturated carbocycles. The first-order valence-electron chi connectivity index (χ1n) is 7.01. The summed E-state index contributed by atoms with van der Waals surface area (Å²) in [5.41, 5.74) is 3.22. The fraction of sp³-hybridized carbons (Fsp3) is 0.235. The summed E-state index contributed by atoms with van der Waals surface area (Å²) in [6.07, 6.45) is -1.76. The fourth-order valence-electron chi connectivity index (χ4n) is 2.45. The van der Waals surface area contributed by atoms with E-state index in [4.69, 9.17) is 4.74 Å². The van der Waals surface area contributed by atoms with E-state index in [9.17, 15) is 13.2 Å². The summed E-state index contributed by atoms with van der Waals surface area (Å²) >= 11 is 0. The Morgan fingerprint density at radius 2 is 1.74 bits per heavy atom. The number of nitrogens with zero attached hydrogens (tertiary/aromatic N) is 2. The van der Waals surface area contributed by atoms with E-state index >= 15 is 0 Å². The van der Waals surface area contributed by atoms with Gasteiger partial charge < -0.3 is 9.14 Å². The predicted molar refractivity (Wildman–Crippen MR) is 81.7 cm³/mol. The summed E-state index contributed by atoms with van der Waals surface area (Å²) < 4.78 is 45.2. The lowest BCUT2D eigenvalue weighted by Crippen LogP contribution is -2.05. The van der Waals surface area contributed by atoms with E-state index in [2.05, 4.69) is 4.98 Å². The molecule has 0 aliphatic heterocycles. The minimum Gasteiger partial charge on any atom is -0.496 e. The van der Waals surface area contributed by atoms with Crippen LogP contribution >= 0.6 is 0 Å². The largest absolute Gasteiger partial charge is 0.496 e. The Bertz CT molecular complexity index is 881. The van der Waals surface area contributed by atoms with Crippen LogP contribution in [0.5, 0.6) is 5.75 Å². The fourth-order valence-corrected chi connectivity index (χ4v) is 2.45. The van der Waals surface area contributed by atoms with Crippen LogP contribution < -0.4 is 4.74 Å². The monoisotopic (exact) mass is 320 g/mol. The zero-order valence-electron chi connectivity index (χ0n) is 12.9. The maximum atomic E-state index is 12.8. The average Bonchev–Trinajstić information content (AvgIpc) is 2.91. The molecule has 0 N–H and O–H groups in total. The first-order valence-corrected chi connectivity index (χ1v) is 7.01. The minimum absolute atomic E-state index is 0.452. The van der Waals surface area contributed by atoms with Crippen LogP contribution in [-0.4, -0.2) is 16.5 Å². The number of hydrogen-bond acceptors (Lipinski definition) is 2. The molecule has 3 aromatic rings. The van der Waals surface area contributed by atoms with Crippen LogP contribution in [0.25, 0.3) is 16.9 Å². The maximum Gasteiger partial charge on any atom is 0.417 e. The SMILES string of the molecule is COc1cc(C)c(C)cc1-c1cn2cc(C(F)(F)F)ccc2n1. The molecule has 0 saturated heterocycles. The summed E-state index contributed by atoms with van der Waals surface area (Å²) in [5.74, 6) is 0.646. The Hall–Kier alpha value is -2.50. The van der Waals surface area contributed by atoms with E-state index in [0.717, 1.165) is 29.0 Å². The van der Waals surface area contributed by atoms with Gasteiger partial charge in [0, 0.05) is 18.0 Å². The lowest BCUT2D eigenvalue weighted by molar-refractivity contribution is -0.137. The van der Waals surface area contributed by atoms with Crippen molar-refractivity contribution in [1.82, 2.24) is 9.38 Å². The first-order chi connectivity index (χ1) is 10.8. The van der Waals surface area contributed by atoms with Crippen LogP contribution in [0.15, 0.2) is 36.7 Å². The second kappa shape index (κ2) is 5.30. The molecule has 0 fully saturated rings. The number of alkyl halides is 3. The summed E-state index contributed by atoms with van der Waals surface area (Å²) in [7, 11) is 1.56. The third-order valence-corrected chi connectivity index (χ3v) is 3.87. The second-order valence-electron chi connectivity index (χ2n) is 5.44. The molecule has 2 aromatic heterocycles. The Balaban J connectivity index is 2.16. The molecule has 3 rings (SSSR count). The molecular formula is C17H15F3N2O. The number of ether oxygens (including phenoxy) is 1. The van der Waals surface area contributed by atoms with Gasteiger partial charge in [0.15, 0.2) is 0 Å². The van der Waals surface area contributed by atoms with Crippen LogP contribution in [0.4, 0.5) is 13.2 Å². The highest BCUT2D eigenvalue weighted by atomic mass is 19.4. The minimum atomic E-state index is -4.38. The van der Waals surface area contributed by atoms with Gasteiger partial charge in [0.1, 0.15) is 11.4 Å². The van der Waals surface area contributed by atoms with Gasteiger partial charge in [-0.2, -0.15) is 13.2 Å². The van der Waals surface area contributed by atoms with E-state index in [-0.39, 0.29) is 0 Å². The predicted octanol–water partition coefficient (Wildman–Crippen LogP) is 4.65. The number of halogens is 3. The van der Waals surface area contributed by atoms with Crippen molar-refractivity contribution in [2.24, 2.45) is 0 Å². The van der Waals surface area contributed by atoms with E-state index < -0.39 is 11.7 Å². The Morgan fingerprint density at radius 1 is 1.04 bits per heavy atom. The third kappa shape index (κ3) is 2.76. The summed E-state index contributed by atoms with van der Waals surface area (Å²) in [6.45, 7) is 3.94. The maximum absolute atomic E-state index is 12.8. The Labute approximate surface area is 131 Å². The van der Waals surface area contributed by atoms with Crippen LogP contribution in [0.2, 0.25) is 0 Å². The molecule has 3 nitrogen and oxygen atoms in total. The lowest BCUT2D eigenvalue weighted by atomic mass is 10.0. The van der Waals surface area contributed by atoms with Gasteiger partial charge in [0.2, 0.25) is 0 Å². The standard InChI is InChI=1S/C17H15F3N2O/c1-10-6-13(15(23-3)7-11(10)2)14-9-22-8-12(17(18,19)20)4-5-16(22)21-14/h4-9H,1-3H3. The summed E-state index contributed by atoms with van der Waals surface area (Å²) in [4.78, 5) is 4.40. The van der Waals surface area contributed by atoms with Gasteiger partial charge in [0.25, 0.3) is 0 Å². The number of imidazole rings is 1. The van der Waals surface area contributed by atoms with Crippen molar-refractivity contribution in [3.8, 4) is 17.0 Å². The highest BCUT2D eigenvalue weighted by Gasteiger charge is 2.30. The number of rotatable bonds is 2. The van der Waals surface area contributed by atoms with Crippen LogP contribution in [-0.2, 0) is 6.18 Å². The van der Waals surface area contributed by atoms with Crippen molar-refractivity contribution in [2.45, 2.75) is 20.0 Å². The van der Waals surface area contributed by atoms with Crippen molar-refractivity contribution >= 4 is 5.65 Å². The van der Waals surface area contributed by atoms with Gasteiger partial charge in [0.05, 0.1) is 18.4 Å². The van der Waals surface area contributed by atoms with E-state index in [1.807, 2.05) is 26.0 Å². The van der Waals surface area contributed by atoms with Crippen LogP contribution in [0, 0.1) is 13.8 Å². The van der Waals surface area contributed by atoms with Gasteiger partial charge in [-0.25, -0.2) is 4.98 Å². The first kappa shape index (κ1) is 15.4. The van der Waals surface area contributed by atoms with Crippen molar-refractivity contribution in [3.05, 3.63) is 53.3 Å².